The van der Waals surface area contributed by atoms with E-state index < -0.39 is 0 Å². The summed E-state index contributed by atoms with van der Waals surface area (Å²) >= 11 is 0. The molecular weight excluding hydrogens is 294 g/mol. The van der Waals surface area contributed by atoms with E-state index in [0.29, 0.717) is 18.0 Å². The molecule has 3 rings (SSSR count). The van der Waals surface area contributed by atoms with E-state index in [4.69, 9.17) is 14.2 Å². The lowest BCUT2D eigenvalue weighted by molar-refractivity contribution is -0.121. The van der Waals surface area contributed by atoms with Gasteiger partial charge in [0.2, 0.25) is 0 Å². The maximum absolute atomic E-state index is 12.6. The molecule has 1 amide bonds. The van der Waals surface area contributed by atoms with Crippen molar-refractivity contribution in [2.45, 2.75) is 13.0 Å². The standard InChI is InChI=1S/C18H19NO4/c1-13-11-19(14-7-3-4-8-15(14)23-13)18(20)12-22-17-10-6-5-9-16(17)21-2/h3-10,13H,11-12H2,1-2H3. The molecule has 0 fully saturated rings. The first-order valence-electron chi connectivity index (χ1n) is 7.51. The number of fused-ring (bicyclic) bond motifs is 1. The molecule has 0 saturated heterocycles. The van der Waals surface area contributed by atoms with Crippen LogP contribution in [0.2, 0.25) is 0 Å². The number of amides is 1. The smallest absolute Gasteiger partial charge is 0.265 e. The highest BCUT2D eigenvalue weighted by Crippen LogP contribution is 2.33. The third-order valence-corrected chi connectivity index (χ3v) is 3.65. The van der Waals surface area contributed by atoms with E-state index in [1.807, 2.05) is 43.3 Å². The van der Waals surface area contributed by atoms with Gasteiger partial charge >= 0.3 is 0 Å². The van der Waals surface area contributed by atoms with Gasteiger partial charge in [0.15, 0.2) is 18.1 Å². The van der Waals surface area contributed by atoms with Gasteiger partial charge in [0.25, 0.3) is 5.91 Å². The Balaban J connectivity index is 1.74. The minimum Gasteiger partial charge on any atom is -0.493 e. The summed E-state index contributed by atoms with van der Waals surface area (Å²) in [6.07, 6.45) is -0.0555. The van der Waals surface area contributed by atoms with Crippen molar-refractivity contribution in [3.05, 3.63) is 48.5 Å². The molecule has 2 aromatic carbocycles. The maximum Gasteiger partial charge on any atom is 0.265 e. The van der Waals surface area contributed by atoms with E-state index in [1.54, 1.807) is 24.1 Å². The number of carbonyl (C=O) groups excluding carboxylic acids is 1. The Hall–Kier alpha value is -2.69. The van der Waals surface area contributed by atoms with Crippen LogP contribution in [0.3, 0.4) is 0 Å². The molecule has 23 heavy (non-hydrogen) atoms. The molecule has 1 aliphatic heterocycles. The number of hydrogen-bond donors (Lipinski definition) is 0. The van der Waals surface area contributed by atoms with E-state index in [2.05, 4.69) is 0 Å². The minimum absolute atomic E-state index is 0.0541. The topological polar surface area (TPSA) is 48.0 Å². The molecule has 5 nitrogen and oxygen atoms in total. The van der Waals surface area contributed by atoms with Crippen molar-refractivity contribution in [1.29, 1.82) is 0 Å². The molecule has 0 aromatic heterocycles. The van der Waals surface area contributed by atoms with Gasteiger partial charge in [-0.2, -0.15) is 0 Å². The van der Waals surface area contributed by atoms with E-state index in [0.717, 1.165) is 11.4 Å². The van der Waals surface area contributed by atoms with Crippen LogP contribution in [0.4, 0.5) is 5.69 Å². The maximum atomic E-state index is 12.6. The molecule has 0 N–H and O–H groups in total. The molecule has 1 aliphatic rings. The molecule has 120 valence electrons. The number of benzene rings is 2. The molecule has 0 aliphatic carbocycles. The third-order valence-electron chi connectivity index (χ3n) is 3.65. The highest BCUT2D eigenvalue weighted by atomic mass is 16.5. The SMILES string of the molecule is COc1ccccc1OCC(=O)N1CC(C)Oc2ccccc21. The van der Waals surface area contributed by atoms with Crippen molar-refractivity contribution in [1.82, 2.24) is 0 Å². The van der Waals surface area contributed by atoms with Crippen molar-refractivity contribution in [3.8, 4) is 17.2 Å². The van der Waals surface area contributed by atoms with Crippen LogP contribution < -0.4 is 19.1 Å². The largest absolute Gasteiger partial charge is 0.493 e. The Kier molecular flexibility index (Phi) is 4.37. The second kappa shape index (κ2) is 6.60. The average molecular weight is 313 g/mol. The van der Waals surface area contributed by atoms with Gasteiger partial charge in [0.05, 0.1) is 19.3 Å². The summed E-state index contributed by atoms with van der Waals surface area (Å²) in [7, 11) is 1.57. The number of methoxy groups -OCH3 is 1. The molecule has 0 saturated carbocycles. The summed E-state index contributed by atoms with van der Waals surface area (Å²) in [5.74, 6) is 1.77. The van der Waals surface area contributed by atoms with Gasteiger partial charge in [-0.15, -0.1) is 0 Å². The van der Waals surface area contributed by atoms with Crippen LogP contribution in [0.25, 0.3) is 0 Å². The van der Waals surface area contributed by atoms with Gasteiger partial charge in [-0.1, -0.05) is 24.3 Å². The van der Waals surface area contributed by atoms with Crippen molar-refractivity contribution in [3.63, 3.8) is 0 Å². The number of hydrogen-bond acceptors (Lipinski definition) is 4. The van der Waals surface area contributed by atoms with Crippen LogP contribution in [0.5, 0.6) is 17.2 Å². The number of anilines is 1. The zero-order valence-corrected chi connectivity index (χ0v) is 13.2. The van der Waals surface area contributed by atoms with Crippen molar-refractivity contribution >= 4 is 11.6 Å². The zero-order chi connectivity index (χ0) is 16.2. The normalized spacial score (nSPS) is 16.3. The Labute approximate surface area is 135 Å². The quantitative estimate of drug-likeness (QED) is 0.871. The van der Waals surface area contributed by atoms with Gasteiger partial charge in [0.1, 0.15) is 11.9 Å². The highest BCUT2D eigenvalue weighted by Gasteiger charge is 2.27. The predicted octanol–water partition coefficient (Wildman–Crippen LogP) is 2.89. The van der Waals surface area contributed by atoms with Crippen molar-refractivity contribution in [2.24, 2.45) is 0 Å². The summed E-state index contributed by atoms with van der Waals surface area (Å²) < 4.78 is 16.6. The lowest BCUT2D eigenvalue weighted by Crippen LogP contribution is -2.44. The first-order chi connectivity index (χ1) is 11.2. The zero-order valence-electron chi connectivity index (χ0n) is 13.2. The molecule has 5 heteroatoms. The van der Waals surface area contributed by atoms with Gasteiger partial charge in [-0.25, -0.2) is 0 Å². The summed E-state index contributed by atoms with van der Waals surface area (Å²) in [6, 6.07) is 14.8. The van der Waals surface area contributed by atoms with Crippen LogP contribution in [-0.2, 0) is 4.79 Å². The van der Waals surface area contributed by atoms with Gasteiger partial charge < -0.3 is 19.1 Å². The molecule has 0 bridgehead atoms. The summed E-state index contributed by atoms with van der Waals surface area (Å²) in [5, 5.41) is 0. The first kappa shape index (κ1) is 15.2. The lowest BCUT2D eigenvalue weighted by Gasteiger charge is -2.33. The van der Waals surface area contributed by atoms with E-state index in [-0.39, 0.29) is 18.6 Å². The highest BCUT2D eigenvalue weighted by molar-refractivity contribution is 5.96. The van der Waals surface area contributed by atoms with Crippen LogP contribution in [-0.4, -0.2) is 32.3 Å². The van der Waals surface area contributed by atoms with Crippen LogP contribution >= 0.6 is 0 Å². The van der Waals surface area contributed by atoms with Crippen LogP contribution in [0.15, 0.2) is 48.5 Å². The Morgan fingerprint density at radius 3 is 2.65 bits per heavy atom. The third kappa shape index (κ3) is 3.23. The number of rotatable bonds is 4. The Bertz CT molecular complexity index is 701. The molecule has 0 radical (unpaired) electrons. The Morgan fingerprint density at radius 1 is 1.17 bits per heavy atom. The van der Waals surface area contributed by atoms with E-state index in [1.165, 1.54) is 0 Å². The number of para-hydroxylation sites is 4. The molecule has 2 aromatic rings. The van der Waals surface area contributed by atoms with Crippen LogP contribution in [0.1, 0.15) is 6.92 Å². The molecule has 1 heterocycles. The van der Waals surface area contributed by atoms with E-state index >= 15 is 0 Å². The number of ether oxygens (including phenoxy) is 3. The molecule has 1 unspecified atom stereocenters. The fraction of sp³-hybridized carbons (Fsp3) is 0.278. The fourth-order valence-corrected chi connectivity index (χ4v) is 2.58. The number of carbonyl (C=O) groups is 1. The number of nitrogens with zero attached hydrogens (tertiary/aromatic N) is 1. The van der Waals surface area contributed by atoms with Crippen LogP contribution in [0, 0.1) is 0 Å². The van der Waals surface area contributed by atoms with E-state index in [9.17, 15) is 4.79 Å². The molecule has 0 spiro atoms. The minimum atomic E-state index is -0.112. The monoisotopic (exact) mass is 313 g/mol. The predicted molar refractivity (Wildman–Crippen MR) is 87.4 cm³/mol. The van der Waals surface area contributed by atoms with Gasteiger partial charge in [-0.05, 0) is 31.2 Å². The van der Waals surface area contributed by atoms with Gasteiger partial charge in [0, 0.05) is 0 Å². The first-order valence-corrected chi connectivity index (χ1v) is 7.51. The molecule has 1 atom stereocenters. The summed E-state index contributed by atoms with van der Waals surface area (Å²) in [6.45, 7) is 2.39. The van der Waals surface area contributed by atoms with Gasteiger partial charge in [-0.3, -0.25) is 4.79 Å². The molecular formula is C18H19NO4. The lowest BCUT2D eigenvalue weighted by atomic mass is 10.2. The average Bonchev–Trinajstić information content (AvgIpc) is 2.59. The Morgan fingerprint density at radius 2 is 1.87 bits per heavy atom. The van der Waals surface area contributed by atoms with Crippen molar-refractivity contribution in [2.75, 3.05) is 25.2 Å². The second-order valence-electron chi connectivity index (χ2n) is 5.34. The summed E-state index contributed by atoms with van der Waals surface area (Å²) in [4.78, 5) is 14.3. The second-order valence-corrected chi connectivity index (χ2v) is 5.34. The summed E-state index contributed by atoms with van der Waals surface area (Å²) in [5.41, 5.74) is 0.777. The van der Waals surface area contributed by atoms with Crippen molar-refractivity contribution < 1.29 is 19.0 Å². The fourth-order valence-electron chi connectivity index (χ4n) is 2.58.